The van der Waals surface area contributed by atoms with Crippen molar-refractivity contribution in [1.29, 1.82) is 0 Å². The van der Waals surface area contributed by atoms with Gasteiger partial charge in [0.25, 0.3) is 0 Å². The third kappa shape index (κ3) is 2.03. The van der Waals surface area contributed by atoms with Gasteiger partial charge in [-0.1, -0.05) is 54.6 Å². The molecular formula is C21H13NS. The van der Waals surface area contributed by atoms with Crippen LogP contribution in [0.4, 0.5) is 0 Å². The summed E-state index contributed by atoms with van der Waals surface area (Å²) in [6.07, 6.45) is 0. The van der Waals surface area contributed by atoms with Crippen molar-refractivity contribution in [3.05, 3.63) is 78.9 Å². The number of nitrogens with zero attached hydrogens (tertiary/aromatic N) is 1. The second-order valence-corrected chi connectivity index (χ2v) is 6.79. The summed E-state index contributed by atoms with van der Waals surface area (Å²) in [4.78, 5) is 4.91. The molecule has 0 bridgehead atoms. The van der Waals surface area contributed by atoms with E-state index in [0.717, 1.165) is 11.0 Å². The molecule has 2 aromatic heterocycles. The van der Waals surface area contributed by atoms with Gasteiger partial charge >= 0.3 is 0 Å². The number of pyridine rings is 1. The van der Waals surface area contributed by atoms with Crippen LogP contribution in [0.1, 0.15) is 0 Å². The number of fused-ring (bicyclic) bond motifs is 4. The van der Waals surface area contributed by atoms with Crippen LogP contribution < -0.4 is 0 Å². The van der Waals surface area contributed by atoms with Gasteiger partial charge in [-0.25, -0.2) is 4.98 Å². The minimum atomic E-state index is 1.06. The van der Waals surface area contributed by atoms with Gasteiger partial charge in [-0.15, -0.1) is 11.3 Å². The molecule has 23 heavy (non-hydrogen) atoms. The van der Waals surface area contributed by atoms with Crippen LogP contribution >= 0.6 is 11.3 Å². The topological polar surface area (TPSA) is 12.9 Å². The molecule has 108 valence electrons. The van der Waals surface area contributed by atoms with Crippen LogP contribution in [-0.4, -0.2) is 4.98 Å². The van der Waals surface area contributed by atoms with Crippen LogP contribution in [0.15, 0.2) is 78.9 Å². The van der Waals surface area contributed by atoms with E-state index in [4.69, 9.17) is 4.98 Å². The first-order valence-electron chi connectivity index (χ1n) is 7.66. The van der Waals surface area contributed by atoms with E-state index in [1.807, 2.05) is 17.4 Å². The van der Waals surface area contributed by atoms with Crippen LogP contribution in [0, 0.1) is 0 Å². The fraction of sp³-hybridized carbons (Fsp3) is 0. The average molecular weight is 311 g/mol. The molecule has 0 radical (unpaired) electrons. The van der Waals surface area contributed by atoms with Crippen molar-refractivity contribution in [3.63, 3.8) is 0 Å². The number of aromatic nitrogens is 1. The fourth-order valence-electron chi connectivity index (χ4n) is 3.11. The number of hydrogen-bond acceptors (Lipinski definition) is 2. The second kappa shape index (κ2) is 4.90. The molecule has 0 saturated carbocycles. The van der Waals surface area contributed by atoms with E-state index in [0.29, 0.717) is 0 Å². The number of rotatable bonds is 1. The second-order valence-electron chi connectivity index (χ2n) is 5.71. The van der Waals surface area contributed by atoms with Gasteiger partial charge in [0, 0.05) is 15.5 Å². The summed E-state index contributed by atoms with van der Waals surface area (Å²) in [6, 6.07) is 27.8. The maximum absolute atomic E-state index is 4.91. The van der Waals surface area contributed by atoms with E-state index in [1.165, 1.54) is 31.3 Å². The molecule has 0 spiro atoms. The maximum Gasteiger partial charge on any atom is 0.0896 e. The highest BCUT2D eigenvalue weighted by Crippen LogP contribution is 2.35. The molecule has 0 aliphatic heterocycles. The van der Waals surface area contributed by atoms with E-state index in [-0.39, 0.29) is 0 Å². The summed E-state index contributed by atoms with van der Waals surface area (Å²) in [5, 5.41) is 2.45. The Labute approximate surface area is 137 Å². The quantitative estimate of drug-likeness (QED) is 0.355. The third-order valence-electron chi connectivity index (χ3n) is 4.25. The third-order valence-corrected chi connectivity index (χ3v) is 5.36. The minimum Gasteiger partial charge on any atom is -0.246 e. The van der Waals surface area contributed by atoms with Gasteiger partial charge in [-0.05, 0) is 35.4 Å². The van der Waals surface area contributed by atoms with E-state index in [9.17, 15) is 0 Å². The lowest BCUT2D eigenvalue weighted by molar-refractivity contribution is 1.52. The number of benzene rings is 3. The van der Waals surface area contributed by atoms with Gasteiger partial charge in [-0.2, -0.15) is 0 Å². The average Bonchev–Trinajstić information content (AvgIpc) is 2.97. The first kappa shape index (κ1) is 12.8. The molecule has 0 atom stereocenters. The molecule has 0 aliphatic carbocycles. The lowest BCUT2D eigenvalue weighted by Gasteiger charge is -2.04. The van der Waals surface area contributed by atoms with E-state index in [1.54, 1.807) is 0 Å². The summed E-state index contributed by atoms with van der Waals surface area (Å²) in [5.74, 6) is 0. The molecular weight excluding hydrogens is 298 g/mol. The molecule has 0 aliphatic rings. The Kier molecular flexibility index (Phi) is 2.73. The summed E-state index contributed by atoms with van der Waals surface area (Å²) in [6.45, 7) is 0. The molecule has 0 saturated heterocycles. The Hall–Kier alpha value is -2.71. The Morgan fingerprint density at radius 2 is 1.48 bits per heavy atom. The van der Waals surface area contributed by atoms with E-state index >= 15 is 0 Å². The van der Waals surface area contributed by atoms with Gasteiger partial charge in [0.1, 0.15) is 0 Å². The Morgan fingerprint density at radius 3 is 2.39 bits per heavy atom. The number of thiophene rings is 1. The lowest BCUT2D eigenvalue weighted by atomic mass is 10.0. The molecule has 0 amide bonds. The molecule has 1 nitrogen and oxygen atoms in total. The summed E-state index contributed by atoms with van der Waals surface area (Å²) < 4.78 is 2.55. The van der Waals surface area contributed by atoms with Crippen LogP contribution in [0.3, 0.4) is 0 Å². The zero-order valence-electron chi connectivity index (χ0n) is 12.4. The zero-order chi connectivity index (χ0) is 15.2. The standard InChI is InChI=1S/C21H13NS/c1-2-6-14(7-3-1)15-10-11-18-16(12-15)13-20-21(22-18)17-8-4-5-9-19(17)23-20/h1-13H. The normalized spacial score (nSPS) is 11.5. The highest BCUT2D eigenvalue weighted by molar-refractivity contribution is 7.25. The largest absolute Gasteiger partial charge is 0.246 e. The molecule has 5 rings (SSSR count). The fourth-order valence-corrected chi connectivity index (χ4v) is 4.20. The monoisotopic (exact) mass is 311 g/mol. The van der Waals surface area contributed by atoms with Crippen LogP contribution in [0.5, 0.6) is 0 Å². The van der Waals surface area contributed by atoms with Crippen molar-refractivity contribution in [2.45, 2.75) is 0 Å². The SMILES string of the molecule is c1ccc(-c2ccc3nc4c(cc3c2)sc2ccccc24)cc1. The van der Waals surface area contributed by atoms with Crippen LogP contribution in [0.25, 0.3) is 42.3 Å². The molecule has 0 unspecified atom stereocenters. The minimum absolute atomic E-state index is 1.06. The summed E-state index contributed by atoms with van der Waals surface area (Å²) in [5.41, 5.74) is 4.65. The Bertz CT molecular complexity index is 1160. The molecule has 0 fully saturated rings. The first-order valence-corrected chi connectivity index (χ1v) is 8.48. The van der Waals surface area contributed by atoms with Gasteiger partial charge < -0.3 is 0 Å². The van der Waals surface area contributed by atoms with E-state index in [2.05, 4.69) is 72.8 Å². The van der Waals surface area contributed by atoms with Crippen molar-refractivity contribution >= 4 is 42.5 Å². The summed E-state index contributed by atoms with van der Waals surface area (Å²) in [7, 11) is 0. The molecule has 0 N–H and O–H groups in total. The van der Waals surface area contributed by atoms with Crippen molar-refractivity contribution in [1.82, 2.24) is 4.98 Å². The highest BCUT2D eigenvalue weighted by atomic mass is 32.1. The Morgan fingerprint density at radius 1 is 0.652 bits per heavy atom. The van der Waals surface area contributed by atoms with Gasteiger partial charge in [0.2, 0.25) is 0 Å². The smallest absolute Gasteiger partial charge is 0.0896 e. The first-order chi connectivity index (χ1) is 11.4. The lowest BCUT2D eigenvalue weighted by Crippen LogP contribution is -1.82. The van der Waals surface area contributed by atoms with Crippen LogP contribution in [0.2, 0.25) is 0 Å². The van der Waals surface area contributed by atoms with Crippen molar-refractivity contribution in [2.75, 3.05) is 0 Å². The number of hydrogen-bond donors (Lipinski definition) is 0. The molecule has 2 heteroatoms. The zero-order valence-corrected chi connectivity index (χ0v) is 13.2. The summed E-state index contributed by atoms with van der Waals surface area (Å²) >= 11 is 1.82. The van der Waals surface area contributed by atoms with Crippen LogP contribution in [-0.2, 0) is 0 Å². The maximum atomic E-state index is 4.91. The predicted molar refractivity (Wildman–Crippen MR) is 100 cm³/mol. The molecule has 3 aromatic carbocycles. The molecule has 5 aromatic rings. The van der Waals surface area contributed by atoms with Crippen molar-refractivity contribution in [3.8, 4) is 11.1 Å². The predicted octanol–water partition coefficient (Wildman–Crippen LogP) is 6.27. The Balaban J connectivity index is 1.80. The van der Waals surface area contributed by atoms with Crippen molar-refractivity contribution in [2.24, 2.45) is 0 Å². The van der Waals surface area contributed by atoms with E-state index < -0.39 is 0 Å². The van der Waals surface area contributed by atoms with Gasteiger partial charge in [-0.3, -0.25) is 0 Å². The highest BCUT2D eigenvalue weighted by Gasteiger charge is 2.08. The van der Waals surface area contributed by atoms with Gasteiger partial charge in [0.15, 0.2) is 0 Å². The van der Waals surface area contributed by atoms with Gasteiger partial charge in [0.05, 0.1) is 15.7 Å². The van der Waals surface area contributed by atoms with Crippen molar-refractivity contribution < 1.29 is 0 Å². The molecule has 2 heterocycles.